The van der Waals surface area contributed by atoms with Crippen LogP contribution in [0.25, 0.3) is 0 Å². The monoisotopic (exact) mass is 475 g/mol. The van der Waals surface area contributed by atoms with Crippen LogP contribution in [0.1, 0.15) is 36.8 Å². The van der Waals surface area contributed by atoms with Crippen LogP contribution in [0.4, 0.5) is 14.7 Å². The van der Waals surface area contributed by atoms with E-state index in [1.807, 2.05) is 12.4 Å². The second kappa shape index (κ2) is 11.1. The van der Waals surface area contributed by atoms with Gasteiger partial charge in [0, 0.05) is 55.9 Å². The van der Waals surface area contributed by atoms with Crippen LogP contribution in [0.5, 0.6) is 5.75 Å². The van der Waals surface area contributed by atoms with Crippen LogP contribution in [-0.4, -0.2) is 49.9 Å². The van der Waals surface area contributed by atoms with E-state index in [-0.39, 0.29) is 11.3 Å². The van der Waals surface area contributed by atoms with Gasteiger partial charge in [0.05, 0.1) is 26.7 Å². The van der Waals surface area contributed by atoms with E-state index in [0.717, 1.165) is 56.0 Å². The first-order valence-corrected chi connectivity index (χ1v) is 11.7. The average Bonchev–Trinajstić information content (AvgIpc) is 3.61. The van der Waals surface area contributed by atoms with Crippen molar-refractivity contribution in [3.8, 4) is 5.75 Å². The minimum atomic E-state index is -0.797. The van der Waals surface area contributed by atoms with Crippen molar-refractivity contribution in [2.24, 2.45) is 17.8 Å². The lowest BCUT2D eigenvalue weighted by molar-refractivity contribution is -0.139. The molecule has 0 N–H and O–H groups in total. The van der Waals surface area contributed by atoms with Crippen molar-refractivity contribution >= 4 is 11.9 Å². The zero-order valence-corrected chi connectivity index (χ0v) is 19.6. The smallest absolute Gasteiger partial charge is 0.310 e. The summed E-state index contributed by atoms with van der Waals surface area (Å²) in [5.74, 6) is 0.594. The molecule has 0 unspecified atom stereocenters. The van der Waals surface area contributed by atoms with Crippen molar-refractivity contribution in [1.82, 2.24) is 9.97 Å². The molecule has 2 aromatic rings. The number of carbonyl (C=O) groups is 1. The number of nitrogens with zero attached hydrogens (tertiary/aromatic N) is 3. The Balaban J connectivity index is 1.19. The summed E-state index contributed by atoms with van der Waals surface area (Å²) in [6, 6.07) is 2.26. The number of hydrogen-bond acceptors (Lipinski definition) is 7. The largest absolute Gasteiger partial charge is 0.493 e. The zero-order valence-electron chi connectivity index (χ0n) is 19.6. The number of anilines is 1. The molecule has 1 aliphatic heterocycles. The molecule has 184 valence electrons. The predicted octanol–water partition coefficient (Wildman–Crippen LogP) is 3.94. The molecule has 34 heavy (non-hydrogen) atoms. The third-order valence-corrected chi connectivity index (χ3v) is 6.83. The predicted molar refractivity (Wildman–Crippen MR) is 121 cm³/mol. The molecule has 1 saturated heterocycles. The van der Waals surface area contributed by atoms with E-state index in [4.69, 9.17) is 9.47 Å². The quantitative estimate of drug-likeness (QED) is 0.482. The highest BCUT2D eigenvalue weighted by atomic mass is 19.1. The maximum atomic E-state index is 14.2. The van der Waals surface area contributed by atoms with Crippen LogP contribution in [0, 0.1) is 29.4 Å². The van der Waals surface area contributed by atoms with Gasteiger partial charge in [-0.05, 0) is 43.4 Å². The van der Waals surface area contributed by atoms with E-state index in [2.05, 4.69) is 19.6 Å². The molecule has 2 atom stereocenters. The first-order valence-electron chi connectivity index (χ1n) is 11.7. The summed E-state index contributed by atoms with van der Waals surface area (Å²) in [6.45, 7) is 2.83. The normalized spacial score (nSPS) is 20.3. The van der Waals surface area contributed by atoms with Gasteiger partial charge in [-0.25, -0.2) is 18.7 Å². The van der Waals surface area contributed by atoms with Gasteiger partial charge in [-0.3, -0.25) is 4.79 Å². The lowest BCUT2D eigenvalue weighted by Gasteiger charge is -2.32. The number of esters is 1. The van der Waals surface area contributed by atoms with Crippen molar-refractivity contribution in [1.29, 1.82) is 0 Å². The van der Waals surface area contributed by atoms with Crippen molar-refractivity contribution in [3.05, 3.63) is 47.3 Å². The van der Waals surface area contributed by atoms with Gasteiger partial charge in [-0.2, -0.15) is 0 Å². The number of halogens is 2. The fourth-order valence-corrected chi connectivity index (χ4v) is 4.84. The lowest BCUT2D eigenvalue weighted by atomic mass is 9.90. The Bertz CT molecular complexity index is 958. The average molecular weight is 476 g/mol. The third-order valence-electron chi connectivity index (χ3n) is 6.83. The number of aromatic nitrogens is 2. The maximum Gasteiger partial charge on any atom is 0.310 e. The summed E-state index contributed by atoms with van der Waals surface area (Å²) in [5.41, 5.74) is 0.663. The van der Waals surface area contributed by atoms with Gasteiger partial charge in [0.15, 0.2) is 0 Å². The summed E-state index contributed by atoms with van der Waals surface area (Å²) in [4.78, 5) is 22.5. The van der Waals surface area contributed by atoms with Crippen LogP contribution < -0.4 is 9.64 Å². The molecule has 2 aliphatic rings. The Labute approximate surface area is 198 Å². The van der Waals surface area contributed by atoms with E-state index in [1.54, 1.807) is 7.11 Å². The second-order valence-electron chi connectivity index (χ2n) is 9.06. The SMILES string of the molecule is COCc1cnc(N2CCC([C@H]3C[C@H]3CCOc3cc(F)c(CC(=O)OC)c(F)c3)CC2)nc1. The minimum absolute atomic E-state index is 0.144. The number of hydrogen-bond donors (Lipinski definition) is 0. The van der Waals surface area contributed by atoms with Crippen molar-refractivity contribution in [3.63, 3.8) is 0 Å². The number of carbonyl (C=O) groups excluding carboxylic acids is 1. The molecule has 4 rings (SSSR count). The molecular weight excluding hydrogens is 444 g/mol. The molecule has 7 nitrogen and oxygen atoms in total. The van der Waals surface area contributed by atoms with Crippen molar-refractivity contribution in [2.75, 3.05) is 38.8 Å². The van der Waals surface area contributed by atoms with Crippen molar-refractivity contribution < 1.29 is 27.8 Å². The summed E-state index contributed by atoms with van der Waals surface area (Å²) < 4.78 is 43.5. The number of benzene rings is 1. The minimum Gasteiger partial charge on any atom is -0.493 e. The van der Waals surface area contributed by atoms with E-state index in [0.29, 0.717) is 31.0 Å². The number of ether oxygens (including phenoxy) is 3. The number of rotatable bonds is 10. The molecule has 2 heterocycles. The molecule has 1 aromatic heterocycles. The van der Waals surface area contributed by atoms with E-state index in [9.17, 15) is 13.6 Å². The summed E-state index contributed by atoms with van der Waals surface area (Å²) in [6.07, 6.45) is 7.46. The van der Waals surface area contributed by atoms with Crippen LogP contribution in [0.3, 0.4) is 0 Å². The van der Waals surface area contributed by atoms with Crippen LogP contribution >= 0.6 is 0 Å². The van der Waals surface area contributed by atoms with Gasteiger partial charge in [-0.1, -0.05) is 0 Å². The summed E-state index contributed by atoms with van der Waals surface area (Å²) >= 11 is 0. The molecule has 0 spiro atoms. The molecule has 0 bridgehead atoms. The Morgan fingerprint density at radius 1 is 1.12 bits per heavy atom. The second-order valence-corrected chi connectivity index (χ2v) is 9.06. The van der Waals surface area contributed by atoms with Crippen LogP contribution in [0.2, 0.25) is 0 Å². The summed E-state index contributed by atoms with van der Waals surface area (Å²) in [5, 5.41) is 0. The zero-order chi connectivity index (χ0) is 24.1. The molecular formula is C25H31F2N3O4. The highest BCUT2D eigenvalue weighted by Gasteiger charge is 2.43. The van der Waals surface area contributed by atoms with Gasteiger partial charge in [0.1, 0.15) is 17.4 Å². The van der Waals surface area contributed by atoms with E-state index >= 15 is 0 Å². The molecule has 1 aromatic carbocycles. The Hall–Kier alpha value is -2.81. The molecule has 2 fully saturated rings. The molecule has 0 amide bonds. The van der Waals surface area contributed by atoms with E-state index in [1.165, 1.54) is 13.5 Å². The number of piperidine rings is 1. The highest BCUT2D eigenvalue weighted by molar-refractivity contribution is 5.72. The number of methoxy groups -OCH3 is 2. The van der Waals surface area contributed by atoms with Gasteiger partial charge < -0.3 is 19.1 Å². The first-order chi connectivity index (χ1) is 16.5. The van der Waals surface area contributed by atoms with Gasteiger partial charge in [-0.15, -0.1) is 0 Å². The third kappa shape index (κ3) is 6.00. The van der Waals surface area contributed by atoms with Crippen LogP contribution in [0.15, 0.2) is 24.5 Å². The highest BCUT2D eigenvalue weighted by Crippen LogP contribution is 2.49. The first kappa shape index (κ1) is 24.3. The Morgan fingerprint density at radius 3 is 2.41 bits per heavy atom. The van der Waals surface area contributed by atoms with Crippen molar-refractivity contribution in [2.45, 2.75) is 38.7 Å². The van der Waals surface area contributed by atoms with Crippen LogP contribution in [-0.2, 0) is 27.3 Å². The van der Waals surface area contributed by atoms with Gasteiger partial charge in [0.2, 0.25) is 5.95 Å². The topological polar surface area (TPSA) is 73.8 Å². The lowest BCUT2D eigenvalue weighted by Crippen LogP contribution is -2.35. The molecule has 9 heteroatoms. The maximum absolute atomic E-state index is 14.2. The fraction of sp³-hybridized carbons (Fsp3) is 0.560. The Morgan fingerprint density at radius 2 is 1.79 bits per heavy atom. The molecule has 0 radical (unpaired) electrons. The fourth-order valence-electron chi connectivity index (χ4n) is 4.84. The summed E-state index contributed by atoms with van der Waals surface area (Å²) in [7, 11) is 2.84. The molecule has 1 saturated carbocycles. The molecule has 1 aliphatic carbocycles. The van der Waals surface area contributed by atoms with Gasteiger partial charge >= 0.3 is 5.97 Å². The Kier molecular flexibility index (Phi) is 7.92. The van der Waals surface area contributed by atoms with E-state index < -0.39 is 24.0 Å². The van der Waals surface area contributed by atoms with Gasteiger partial charge in [0.25, 0.3) is 0 Å². The standard InChI is InChI=1S/C25H31F2N3O4/c1-32-15-16-13-28-25(29-14-16)30-6-3-17(4-7-30)20-9-18(20)5-8-34-19-10-22(26)21(23(27)11-19)12-24(31)33-2/h10-11,13-14,17-18,20H,3-9,12,15H2,1-2H3/t18-,20-/m1/s1.